The van der Waals surface area contributed by atoms with E-state index in [0.29, 0.717) is 25.6 Å². The van der Waals surface area contributed by atoms with Crippen LogP contribution in [-0.2, 0) is 26.6 Å². The zero-order valence-electron chi connectivity index (χ0n) is 14.6. The lowest BCUT2D eigenvalue weighted by molar-refractivity contribution is -0.149. The molecule has 25 heavy (non-hydrogen) atoms. The lowest BCUT2D eigenvalue weighted by Crippen LogP contribution is -2.23. The monoisotopic (exact) mass is 344 g/mol. The van der Waals surface area contributed by atoms with Gasteiger partial charge in [0.2, 0.25) is 0 Å². The Morgan fingerprint density at radius 1 is 1.12 bits per heavy atom. The maximum atomic E-state index is 9.67. The van der Waals surface area contributed by atoms with Gasteiger partial charge in [0.05, 0.1) is 19.8 Å². The first-order valence-electron chi connectivity index (χ1n) is 8.39. The highest BCUT2D eigenvalue weighted by molar-refractivity contribution is 5.41. The van der Waals surface area contributed by atoms with Gasteiger partial charge in [-0.05, 0) is 30.7 Å². The lowest BCUT2D eigenvalue weighted by atomic mass is 10.00. The fourth-order valence-electron chi connectivity index (χ4n) is 2.93. The Labute approximate surface area is 148 Å². The molecule has 1 aliphatic heterocycles. The van der Waals surface area contributed by atoms with Gasteiger partial charge in [-0.15, -0.1) is 0 Å². The van der Waals surface area contributed by atoms with Crippen molar-refractivity contribution in [3.8, 4) is 5.75 Å². The third kappa shape index (κ3) is 4.02. The molecule has 1 fully saturated rings. The maximum Gasteiger partial charge on any atom is 0.192 e. The van der Waals surface area contributed by atoms with E-state index in [1.165, 1.54) is 0 Å². The molecule has 2 aromatic carbocycles. The first kappa shape index (κ1) is 17.9. The first-order valence-corrected chi connectivity index (χ1v) is 8.39. The van der Waals surface area contributed by atoms with Gasteiger partial charge in [-0.2, -0.15) is 0 Å². The molecule has 1 aliphatic rings. The summed E-state index contributed by atoms with van der Waals surface area (Å²) in [6, 6.07) is 15.7. The van der Waals surface area contributed by atoms with E-state index in [0.717, 1.165) is 16.7 Å². The third-order valence-corrected chi connectivity index (χ3v) is 4.41. The standard InChI is InChI=1S/C20H24O5/c1-20(24-10-11-25-20)16-8-9-18(17(12-16)19(13-21)22-2)23-14-15-6-4-3-5-7-15/h3-9,12,19,21H,10-11,13-14H2,1-2H3/t19-/m1/s1. The summed E-state index contributed by atoms with van der Waals surface area (Å²) in [5.74, 6) is -0.101. The van der Waals surface area contributed by atoms with Crippen LogP contribution in [0.3, 0.4) is 0 Å². The molecule has 5 heteroatoms. The Balaban J connectivity index is 1.88. The molecular weight excluding hydrogens is 320 g/mol. The van der Waals surface area contributed by atoms with E-state index >= 15 is 0 Å². The van der Waals surface area contributed by atoms with Gasteiger partial charge in [-0.1, -0.05) is 30.3 Å². The van der Waals surface area contributed by atoms with Crippen LogP contribution in [0.25, 0.3) is 0 Å². The molecule has 3 rings (SSSR count). The molecule has 1 saturated heterocycles. The van der Waals surface area contributed by atoms with Crippen molar-refractivity contribution in [3.63, 3.8) is 0 Å². The molecule has 0 amide bonds. The minimum atomic E-state index is -0.777. The molecule has 134 valence electrons. The molecule has 5 nitrogen and oxygen atoms in total. The van der Waals surface area contributed by atoms with E-state index in [4.69, 9.17) is 18.9 Å². The summed E-state index contributed by atoms with van der Waals surface area (Å²) < 4.78 is 22.9. The van der Waals surface area contributed by atoms with E-state index in [1.54, 1.807) is 7.11 Å². The van der Waals surface area contributed by atoms with Gasteiger partial charge in [0.15, 0.2) is 5.79 Å². The van der Waals surface area contributed by atoms with Crippen molar-refractivity contribution in [1.82, 2.24) is 0 Å². The summed E-state index contributed by atoms with van der Waals surface area (Å²) in [4.78, 5) is 0. The van der Waals surface area contributed by atoms with E-state index in [-0.39, 0.29) is 6.61 Å². The zero-order valence-corrected chi connectivity index (χ0v) is 14.6. The van der Waals surface area contributed by atoms with Crippen molar-refractivity contribution in [2.45, 2.75) is 25.4 Å². The number of aliphatic hydroxyl groups excluding tert-OH is 1. The summed E-state index contributed by atoms with van der Waals surface area (Å²) in [5.41, 5.74) is 2.73. The molecule has 1 heterocycles. The molecule has 0 aliphatic carbocycles. The molecule has 0 spiro atoms. The van der Waals surface area contributed by atoms with E-state index < -0.39 is 11.9 Å². The van der Waals surface area contributed by atoms with Gasteiger partial charge in [0, 0.05) is 18.2 Å². The van der Waals surface area contributed by atoms with Crippen LogP contribution in [-0.4, -0.2) is 32.0 Å². The molecule has 2 aromatic rings. The molecule has 0 aromatic heterocycles. The molecular formula is C20H24O5. The number of hydrogen-bond acceptors (Lipinski definition) is 5. The summed E-state index contributed by atoms with van der Waals surface area (Å²) in [5, 5.41) is 9.67. The predicted octanol–water partition coefficient (Wildman–Crippen LogP) is 3.16. The highest BCUT2D eigenvalue weighted by Crippen LogP contribution is 2.36. The SMILES string of the molecule is CO[C@H](CO)c1cc(C2(C)OCCO2)ccc1OCc1ccccc1. The quantitative estimate of drug-likeness (QED) is 0.836. The van der Waals surface area contributed by atoms with Crippen LogP contribution < -0.4 is 4.74 Å². The molecule has 0 unspecified atom stereocenters. The molecule has 0 saturated carbocycles. The van der Waals surface area contributed by atoms with Crippen molar-refractivity contribution in [1.29, 1.82) is 0 Å². The maximum absolute atomic E-state index is 9.67. The summed E-state index contributed by atoms with van der Waals surface area (Å²) in [6.45, 7) is 3.32. The fraction of sp³-hybridized carbons (Fsp3) is 0.400. The Hall–Kier alpha value is -1.92. The van der Waals surface area contributed by atoms with Crippen molar-refractivity contribution >= 4 is 0 Å². The van der Waals surface area contributed by atoms with Crippen LogP contribution >= 0.6 is 0 Å². The van der Waals surface area contributed by atoms with Crippen molar-refractivity contribution in [3.05, 3.63) is 65.2 Å². The number of hydrogen-bond donors (Lipinski definition) is 1. The number of methoxy groups -OCH3 is 1. The van der Waals surface area contributed by atoms with Crippen molar-refractivity contribution in [2.75, 3.05) is 26.9 Å². The number of rotatable bonds is 7. The second-order valence-corrected chi connectivity index (χ2v) is 6.08. The second kappa shape index (κ2) is 7.97. The number of aliphatic hydroxyl groups is 1. The molecule has 1 N–H and O–H groups in total. The Morgan fingerprint density at radius 2 is 1.84 bits per heavy atom. The minimum Gasteiger partial charge on any atom is -0.489 e. The largest absolute Gasteiger partial charge is 0.489 e. The van der Waals surface area contributed by atoms with Gasteiger partial charge in [-0.3, -0.25) is 0 Å². The molecule has 0 radical (unpaired) electrons. The van der Waals surface area contributed by atoms with Crippen LogP contribution in [0, 0.1) is 0 Å². The lowest BCUT2D eigenvalue weighted by Gasteiger charge is -2.25. The van der Waals surface area contributed by atoms with Gasteiger partial charge in [0.1, 0.15) is 18.5 Å². The first-order chi connectivity index (χ1) is 12.2. The van der Waals surface area contributed by atoms with E-state index in [1.807, 2.05) is 55.5 Å². The minimum absolute atomic E-state index is 0.139. The van der Waals surface area contributed by atoms with Crippen LogP contribution in [0.2, 0.25) is 0 Å². The zero-order chi connectivity index (χ0) is 17.7. The predicted molar refractivity (Wildman–Crippen MR) is 93.3 cm³/mol. The van der Waals surface area contributed by atoms with Gasteiger partial charge >= 0.3 is 0 Å². The Bertz CT molecular complexity index is 676. The van der Waals surface area contributed by atoms with Crippen LogP contribution in [0.4, 0.5) is 0 Å². The third-order valence-electron chi connectivity index (χ3n) is 4.41. The van der Waals surface area contributed by atoms with E-state index in [9.17, 15) is 5.11 Å². The van der Waals surface area contributed by atoms with Crippen LogP contribution in [0.5, 0.6) is 5.75 Å². The van der Waals surface area contributed by atoms with Crippen LogP contribution in [0.15, 0.2) is 48.5 Å². The average Bonchev–Trinajstić information content (AvgIpc) is 3.10. The van der Waals surface area contributed by atoms with Crippen LogP contribution in [0.1, 0.15) is 29.7 Å². The molecule has 0 bridgehead atoms. The fourth-order valence-corrected chi connectivity index (χ4v) is 2.93. The number of benzene rings is 2. The summed E-state index contributed by atoms with van der Waals surface area (Å²) >= 11 is 0. The normalized spacial score (nSPS) is 17.4. The van der Waals surface area contributed by atoms with Gasteiger partial charge in [-0.25, -0.2) is 0 Å². The highest BCUT2D eigenvalue weighted by Gasteiger charge is 2.34. The second-order valence-electron chi connectivity index (χ2n) is 6.08. The van der Waals surface area contributed by atoms with Gasteiger partial charge < -0.3 is 24.1 Å². The average molecular weight is 344 g/mol. The highest BCUT2D eigenvalue weighted by atomic mass is 16.7. The van der Waals surface area contributed by atoms with Gasteiger partial charge in [0.25, 0.3) is 0 Å². The van der Waals surface area contributed by atoms with Crippen molar-refractivity contribution in [2.24, 2.45) is 0 Å². The summed E-state index contributed by atoms with van der Waals surface area (Å²) in [6.07, 6.45) is -0.476. The van der Waals surface area contributed by atoms with E-state index in [2.05, 4.69) is 0 Å². The summed E-state index contributed by atoms with van der Waals surface area (Å²) in [7, 11) is 1.57. The Kier molecular flexibility index (Phi) is 5.71. The number of ether oxygens (including phenoxy) is 4. The topological polar surface area (TPSA) is 57.2 Å². The Morgan fingerprint density at radius 3 is 2.48 bits per heavy atom. The molecule has 1 atom stereocenters. The van der Waals surface area contributed by atoms with Crippen molar-refractivity contribution < 1.29 is 24.1 Å². The smallest absolute Gasteiger partial charge is 0.192 e.